The van der Waals surface area contributed by atoms with Crippen molar-refractivity contribution in [3.8, 4) is 0 Å². The second-order valence-electron chi connectivity index (χ2n) is 5.33. The van der Waals surface area contributed by atoms with Gasteiger partial charge < -0.3 is 0 Å². The fraction of sp³-hybridized carbons (Fsp3) is 0.368. The molecule has 0 atom stereocenters. The van der Waals surface area contributed by atoms with Crippen LogP contribution in [0.1, 0.15) is 48.4 Å². The predicted octanol–water partition coefficient (Wildman–Crippen LogP) is 5.32. The van der Waals surface area contributed by atoms with Crippen LogP contribution >= 0.6 is 0 Å². The summed E-state index contributed by atoms with van der Waals surface area (Å²) in [7, 11) is 0. The van der Waals surface area contributed by atoms with Crippen LogP contribution in [0.2, 0.25) is 0 Å². The summed E-state index contributed by atoms with van der Waals surface area (Å²) in [6, 6.07) is 17.6. The van der Waals surface area contributed by atoms with Crippen LogP contribution in [0, 0.1) is 6.92 Å². The third-order valence-corrected chi connectivity index (χ3v) is 3.81. The van der Waals surface area contributed by atoms with Crippen molar-refractivity contribution in [3.63, 3.8) is 0 Å². The number of hydrogen-bond acceptors (Lipinski definition) is 0. The van der Waals surface area contributed by atoms with E-state index in [4.69, 9.17) is 0 Å². The summed E-state index contributed by atoms with van der Waals surface area (Å²) < 4.78 is 0. The molecule has 0 radical (unpaired) electrons. The van der Waals surface area contributed by atoms with Gasteiger partial charge in [-0.3, -0.25) is 0 Å². The smallest absolute Gasteiger partial charge is 0.00204 e. The molecule has 0 heterocycles. The minimum atomic E-state index is 1.06. The van der Waals surface area contributed by atoms with Crippen molar-refractivity contribution in [3.05, 3.63) is 70.8 Å². The van der Waals surface area contributed by atoms with Crippen LogP contribution in [0.3, 0.4) is 0 Å². The Labute approximate surface area is 117 Å². The van der Waals surface area contributed by atoms with E-state index in [1.807, 2.05) is 0 Å². The molecule has 0 aromatic heterocycles. The maximum absolute atomic E-state index is 2.29. The van der Waals surface area contributed by atoms with E-state index in [2.05, 4.69) is 62.4 Å². The first-order valence-corrected chi connectivity index (χ1v) is 7.42. The van der Waals surface area contributed by atoms with Gasteiger partial charge in [0, 0.05) is 0 Å². The molecule has 0 unspecified atom stereocenters. The van der Waals surface area contributed by atoms with E-state index < -0.39 is 0 Å². The molecule has 0 N–H and O–H groups in total. The number of rotatable bonds is 6. The Kier molecular flexibility index (Phi) is 5.20. The second-order valence-corrected chi connectivity index (χ2v) is 5.33. The summed E-state index contributed by atoms with van der Waals surface area (Å²) in [5.41, 5.74) is 5.86. The molecule has 0 spiro atoms. The van der Waals surface area contributed by atoms with Gasteiger partial charge in [0.25, 0.3) is 0 Å². The van der Waals surface area contributed by atoms with E-state index in [1.165, 1.54) is 47.9 Å². The van der Waals surface area contributed by atoms with Crippen molar-refractivity contribution in [2.45, 2.75) is 46.0 Å². The largest absolute Gasteiger partial charge is 0.0654 e. The zero-order valence-corrected chi connectivity index (χ0v) is 12.2. The molecule has 100 valence electrons. The molecule has 0 aliphatic heterocycles. The van der Waals surface area contributed by atoms with E-state index in [0.717, 1.165) is 6.42 Å². The monoisotopic (exact) mass is 252 g/mol. The third-order valence-electron chi connectivity index (χ3n) is 3.81. The molecule has 2 aromatic rings. The fourth-order valence-electron chi connectivity index (χ4n) is 2.55. The lowest BCUT2D eigenvalue weighted by molar-refractivity contribution is 0.714. The van der Waals surface area contributed by atoms with Crippen molar-refractivity contribution in [1.29, 1.82) is 0 Å². The second kappa shape index (κ2) is 7.13. The lowest BCUT2D eigenvalue weighted by Gasteiger charge is -2.11. The minimum Gasteiger partial charge on any atom is -0.0654 e. The average Bonchev–Trinajstić information content (AvgIpc) is 2.43. The molecule has 0 amide bonds. The highest BCUT2D eigenvalue weighted by atomic mass is 14.1. The van der Waals surface area contributed by atoms with E-state index in [-0.39, 0.29) is 0 Å². The molecule has 0 aliphatic carbocycles. The maximum Gasteiger partial charge on any atom is -0.00204 e. The maximum atomic E-state index is 2.29. The van der Waals surface area contributed by atoms with Crippen molar-refractivity contribution in [2.24, 2.45) is 0 Å². The molecule has 0 aliphatic rings. The highest BCUT2D eigenvalue weighted by molar-refractivity contribution is 5.36. The van der Waals surface area contributed by atoms with Crippen LogP contribution in [0.4, 0.5) is 0 Å². The van der Waals surface area contributed by atoms with Crippen LogP contribution in [-0.4, -0.2) is 0 Å². The molecule has 0 bridgehead atoms. The van der Waals surface area contributed by atoms with Crippen molar-refractivity contribution >= 4 is 0 Å². The van der Waals surface area contributed by atoms with Crippen LogP contribution in [0.25, 0.3) is 0 Å². The molecule has 2 rings (SSSR count). The zero-order valence-electron chi connectivity index (χ0n) is 12.2. The first-order valence-electron chi connectivity index (χ1n) is 7.42. The highest BCUT2D eigenvalue weighted by Crippen LogP contribution is 2.18. The van der Waals surface area contributed by atoms with Gasteiger partial charge in [0.15, 0.2) is 0 Å². The summed E-state index contributed by atoms with van der Waals surface area (Å²) in [6.07, 6.45) is 6.21. The minimum absolute atomic E-state index is 1.06. The quantitative estimate of drug-likeness (QED) is 0.610. The number of hydrogen-bond donors (Lipinski definition) is 0. The zero-order chi connectivity index (χ0) is 13.5. The topological polar surface area (TPSA) is 0 Å². The summed E-state index contributed by atoms with van der Waals surface area (Å²) in [5.74, 6) is 0. The van der Waals surface area contributed by atoms with Gasteiger partial charge in [-0.25, -0.2) is 0 Å². The molecule has 0 saturated heterocycles. The van der Waals surface area contributed by atoms with Gasteiger partial charge in [0.2, 0.25) is 0 Å². The Balaban J connectivity index is 2.13. The van der Waals surface area contributed by atoms with Crippen LogP contribution < -0.4 is 0 Å². The van der Waals surface area contributed by atoms with Gasteiger partial charge in [0.1, 0.15) is 0 Å². The summed E-state index contributed by atoms with van der Waals surface area (Å²) in [6.45, 7) is 4.47. The number of unbranched alkanes of at least 4 members (excludes halogenated alkanes) is 2. The third kappa shape index (κ3) is 3.96. The van der Waals surface area contributed by atoms with Gasteiger partial charge in [-0.1, -0.05) is 68.3 Å². The van der Waals surface area contributed by atoms with Crippen LogP contribution in [0.5, 0.6) is 0 Å². The van der Waals surface area contributed by atoms with Gasteiger partial charge in [-0.2, -0.15) is 0 Å². The average molecular weight is 252 g/mol. The Morgan fingerprint density at radius 1 is 0.737 bits per heavy atom. The Morgan fingerprint density at radius 3 is 2.05 bits per heavy atom. The highest BCUT2D eigenvalue weighted by Gasteiger charge is 2.04. The summed E-state index contributed by atoms with van der Waals surface area (Å²) in [4.78, 5) is 0. The number of aryl methyl sites for hydroxylation is 2. The van der Waals surface area contributed by atoms with Gasteiger partial charge in [-0.05, 0) is 48.4 Å². The van der Waals surface area contributed by atoms with Gasteiger partial charge in [0.05, 0.1) is 0 Å². The molecule has 2 aromatic carbocycles. The van der Waals surface area contributed by atoms with E-state index in [0.29, 0.717) is 0 Å². The van der Waals surface area contributed by atoms with E-state index >= 15 is 0 Å². The Bertz CT molecular complexity index is 511. The fourth-order valence-corrected chi connectivity index (χ4v) is 2.55. The first kappa shape index (κ1) is 13.9. The molecule has 19 heavy (non-hydrogen) atoms. The molecular weight excluding hydrogens is 228 g/mol. The van der Waals surface area contributed by atoms with Crippen molar-refractivity contribution in [2.75, 3.05) is 0 Å². The van der Waals surface area contributed by atoms with Gasteiger partial charge in [-0.15, -0.1) is 0 Å². The number of benzene rings is 2. The molecular formula is C19H24. The van der Waals surface area contributed by atoms with Crippen molar-refractivity contribution < 1.29 is 0 Å². The lowest BCUT2D eigenvalue weighted by atomic mass is 9.94. The normalized spacial score (nSPS) is 10.6. The lowest BCUT2D eigenvalue weighted by Crippen LogP contribution is -1.97. The van der Waals surface area contributed by atoms with E-state index in [9.17, 15) is 0 Å². The van der Waals surface area contributed by atoms with Gasteiger partial charge >= 0.3 is 0 Å². The van der Waals surface area contributed by atoms with Crippen LogP contribution in [0.15, 0.2) is 48.5 Å². The predicted molar refractivity (Wildman–Crippen MR) is 83.7 cm³/mol. The summed E-state index contributed by atoms with van der Waals surface area (Å²) >= 11 is 0. The Hall–Kier alpha value is -1.56. The van der Waals surface area contributed by atoms with Crippen molar-refractivity contribution in [1.82, 2.24) is 0 Å². The SMILES string of the molecule is CCCCCc1ccccc1Cc1ccccc1C. The summed E-state index contributed by atoms with van der Waals surface area (Å²) in [5, 5.41) is 0. The molecule has 0 heteroatoms. The first-order chi connectivity index (χ1) is 9.31. The standard InChI is InChI=1S/C19H24/c1-3-4-5-11-17-12-8-9-14-19(17)15-18-13-7-6-10-16(18)2/h6-10,12-14H,3-5,11,15H2,1-2H3. The molecule has 0 nitrogen and oxygen atoms in total. The Morgan fingerprint density at radius 2 is 1.37 bits per heavy atom. The molecule has 0 fully saturated rings. The van der Waals surface area contributed by atoms with E-state index in [1.54, 1.807) is 0 Å². The van der Waals surface area contributed by atoms with Crippen LogP contribution in [-0.2, 0) is 12.8 Å². The molecule has 0 saturated carbocycles.